The van der Waals surface area contributed by atoms with Gasteiger partial charge in [-0.15, -0.1) is 0 Å². The first-order valence-electron chi connectivity index (χ1n) is 5.24. The lowest BCUT2D eigenvalue weighted by molar-refractivity contribution is -0.385. The van der Waals surface area contributed by atoms with Crippen LogP contribution in [0.25, 0.3) is 0 Å². The second kappa shape index (κ2) is 7.00. The number of nitro groups is 1. The number of aliphatic carboxylic acids is 1. The van der Waals surface area contributed by atoms with Crippen molar-refractivity contribution < 1.29 is 19.6 Å². The lowest BCUT2D eigenvalue weighted by atomic mass is 10.2. The minimum atomic E-state index is -1.05. The summed E-state index contributed by atoms with van der Waals surface area (Å²) in [6.45, 7) is 0.272. The number of hydrogen-bond acceptors (Lipinski definition) is 6. The van der Waals surface area contributed by atoms with Crippen molar-refractivity contribution in [2.45, 2.75) is 12.5 Å². The first kappa shape index (κ1) is 15.3. The summed E-state index contributed by atoms with van der Waals surface area (Å²) in [5.74, 6) is -0.821. The van der Waals surface area contributed by atoms with E-state index < -0.39 is 16.9 Å². The Labute approximate surface area is 117 Å². The van der Waals surface area contributed by atoms with Gasteiger partial charge in [-0.05, 0) is 15.9 Å². The van der Waals surface area contributed by atoms with Crippen molar-refractivity contribution in [1.82, 2.24) is 4.98 Å². The van der Waals surface area contributed by atoms with E-state index in [1.54, 1.807) is 0 Å². The van der Waals surface area contributed by atoms with Crippen LogP contribution in [0.5, 0.6) is 0 Å². The summed E-state index contributed by atoms with van der Waals surface area (Å²) < 4.78 is 5.14. The van der Waals surface area contributed by atoms with E-state index in [0.717, 1.165) is 6.20 Å². The fraction of sp³-hybridized carbons (Fsp3) is 0.400. The number of methoxy groups -OCH3 is 1. The van der Waals surface area contributed by atoms with Crippen LogP contribution in [0.3, 0.4) is 0 Å². The highest BCUT2D eigenvalue weighted by Crippen LogP contribution is 2.25. The number of ether oxygens (including phenoxy) is 1. The molecule has 1 aromatic heterocycles. The van der Waals surface area contributed by atoms with E-state index in [1.165, 1.54) is 13.2 Å². The van der Waals surface area contributed by atoms with Gasteiger partial charge in [0.25, 0.3) is 5.69 Å². The molecule has 8 nitrogen and oxygen atoms in total. The van der Waals surface area contributed by atoms with E-state index in [2.05, 4.69) is 26.2 Å². The number of pyridine rings is 1. The molecule has 0 fully saturated rings. The monoisotopic (exact) mass is 333 g/mol. The molecule has 1 unspecified atom stereocenters. The van der Waals surface area contributed by atoms with Gasteiger partial charge in [0.2, 0.25) is 0 Å². The third kappa shape index (κ3) is 4.45. The number of aromatic nitrogens is 1. The lowest BCUT2D eigenvalue weighted by Gasteiger charge is -2.15. The molecule has 1 aromatic rings. The second-order valence-corrected chi connectivity index (χ2v) is 4.45. The quantitative estimate of drug-likeness (QED) is 0.575. The van der Waals surface area contributed by atoms with Crippen molar-refractivity contribution in [1.29, 1.82) is 0 Å². The van der Waals surface area contributed by atoms with E-state index in [9.17, 15) is 14.9 Å². The van der Waals surface area contributed by atoms with E-state index in [-0.39, 0.29) is 24.5 Å². The van der Waals surface area contributed by atoms with Crippen molar-refractivity contribution in [3.63, 3.8) is 0 Å². The molecule has 0 amide bonds. The molecule has 9 heteroatoms. The van der Waals surface area contributed by atoms with Gasteiger partial charge in [-0.2, -0.15) is 0 Å². The Morgan fingerprint density at radius 1 is 1.74 bits per heavy atom. The molecule has 0 radical (unpaired) electrons. The van der Waals surface area contributed by atoms with E-state index in [4.69, 9.17) is 9.84 Å². The number of nitrogens with zero attached hydrogens (tertiary/aromatic N) is 2. The zero-order chi connectivity index (χ0) is 14.4. The summed E-state index contributed by atoms with van der Waals surface area (Å²) >= 11 is 3.11. The van der Waals surface area contributed by atoms with Crippen LogP contribution < -0.4 is 5.32 Å². The summed E-state index contributed by atoms with van der Waals surface area (Å²) in [6, 6.07) is 0.370. The maximum Gasteiger partial charge on any atom is 0.326 e. The number of carboxylic acids is 1. The number of carboxylic acid groups (broad SMARTS) is 1. The Bertz CT molecular complexity index is 482. The predicted octanol–water partition coefficient (Wildman–Crippen LogP) is 1.65. The number of anilines is 1. The third-order valence-corrected chi connectivity index (χ3v) is 2.86. The van der Waals surface area contributed by atoms with Gasteiger partial charge in [0, 0.05) is 26.2 Å². The van der Waals surface area contributed by atoms with Gasteiger partial charge >= 0.3 is 5.97 Å². The van der Waals surface area contributed by atoms with Crippen molar-refractivity contribution in [3.8, 4) is 0 Å². The molecular weight excluding hydrogens is 322 g/mol. The molecule has 1 heterocycles. The molecule has 1 rings (SSSR count). The highest BCUT2D eigenvalue weighted by Gasteiger charge is 2.19. The topological polar surface area (TPSA) is 115 Å². The van der Waals surface area contributed by atoms with Gasteiger partial charge in [-0.1, -0.05) is 0 Å². The van der Waals surface area contributed by atoms with Crippen LogP contribution in [0.2, 0.25) is 0 Å². The maximum absolute atomic E-state index is 11.0. The summed E-state index contributed by atoms with van der Waals surface area (Å²) in [5, 5.41) is 22.3. The number of carbonyl (C=O) groups is 1. The smallest absolute Gasteiger partial charge is 0.326 e. The standard InChI is InChI=1S/C10H12BrN3O5/c1-19-3-2-8(10(15)16)13-9-7(11)4-6(5-12-9)14(17)18/h4-5,8H,2-3H2,1H3,(H,12,13)(H,15,16). The highest BCUT2D eigenvalue weighted by atomic mass is 79.9. The van der Waals surface area contributed by atoms with Crippen molar-refractivity contribution in [3.05, 3.63) is 26.9 Å². The summed E-state index contributed by atoms with van der Waals surface area (Å²) in [6.07, 6.45) is 1.30. The minimum absolute atomic E-state index is 0.179. The average molecular weight is 334 g/mol. The van der Waals surface area contributed by atoms with Crippen LogP contribution in [0.15, 0.2) is 16.7 Å². The molecule has 0 bridgehead atoms. The van der Waals surface area contributed by atoms with Crippen molar-refractivity contribution in [2.24, 2.45) is 0 Å². The summed E-state index contributed by atoms with van der Waals surface area (Å²) in [5.41, 5.74) is -0.179. The van der Waals surface area contributed by atoms with E-state index >= 15 is 0 Å². The van der Waals surface area contributed by atoms with Crippen molar-refractivity contribution in [2.75, 3.05) is 19.0 Å². The molecular formula is C10H12BrN3O5. The molecule has 0 saturated heterocycles. The zero-order valence-electron chi connectivity index (χ0n) is 10.00. The summed E-state index contributed by atoms with van der Waals surface area (Å²) in [7, 11) is 1.47. The SMILES string of the molecule is COCCC(Nc1ncc([N+](=O)[O-])cc1Br)C(=O)O. The highest BCUT2D eigenvalue weighted by molar-refractivity contribution is 9.10. The van der Waals surface area contributed by atoms with Gasteiger partial charge in [-0.3, -0.25) is 10.1 Å². The molecule has 0 aromatic carbocycles. The molecule has 0 aliphatic heterocycles. The fourth-order valence-corrected chi connectivity index (χ4v) is 1.74. The Balaban J connectivity index is 2.84. The number of halogens is 1. The molecule has 0 saturated carbocycles. The van der Waals surface area contributed by atoms with Crippen LogP contribution in [0.4, 0.5) is 11.5 Å². The average Bonchev–Trinajstić information content (AvgIpc) is 2.35. The molecule has 19 heavy (non-hydrogen) atoms. The molecule has 1 atom stereocenters. The van der Waals surface area contributed by atoms with Crippen LogP contribution >= 0.6 is 15.9 Å². The molecule has 0 spiro atoms. The van der Waals surface area contributed by atoms with Gasteiger partial charge in [-0.25, -0.2) is 9.78 Å². The predicted molar refractivity (Wildman–Crippen MR) is 70.1 cm³/mol. The Morgan fingerprint density at radius 2 is 2.42 bits per heavy atom. The van der Waals surface area contributed by atoms with E-state index in [1.807, 2.05) is 0 Å². The maximum atomic E-state index is 11.0. The third-order valence-electron chi connectivity index (χ3n) is 2.26. The fourth-order valence-electron chi connectivity index (χ4n) is 1.29. The summed E-state index contributed by atoms with van der Waals surface area (Å²) in [4.78, 5) is 24.8. The Kier molecular flexibility index (Phi) is 5.64. The minimum Gasteiger partial charge on any atom is -0.480 e. The van der Waals surface area contributed by atoms with Crippen LogP contribution in [0.1, 0.15) is 6.42 Å². The van der Waals surface area contributed by atoms with Gasteiger partial charge in [0.15, 0.2) is 0 Å². The lowest BCUT2D eigenvalue weighted by Crippen LogP contribution is -2.31. The normalized spacial score (nSPS) is 11.9. The molecule has 0 aliphatic rings. The van der Waals surface area contributed by atoms with Gasteiger partial charge in [0.05, 0.1) is 9.40 Å². The first-order valence-corrected chi connectivity index (χ1v) is 6.03. The number of nitrogens with one attached hydrogen (secondary N) is 1. The number of hydrogen-bond donors (Lipinski definition) is 2. The molecule has 104 valence electrons. The zero-order valence-corrected chi connectivity index (χ0v) is 11.6. The largest absolute Gasteiger partial charge is 0.480 e. The van der Waals surface area contributed by atoms with Gasteiger partial charge < -0.3 is 15.2 Å². The van der Waals surface area contributed by atoms with E-state index in [0.29, 0.717) is 4.47 Å². The first-order chi connectivity index (χ1) is 8.95. The van der Waals surface area contributed by atoms with Crippen LogP contribution in [-0.4, -0.2) is 40.7 Å². The Hall–Kier alpha value is -1.74. The van der Waals surface area contributed by atoms with Crippen LogP contribution in [-0.2, 0) is 9.53 Å². The van der Waals surface area contributed by atoms with Gasteiger partial charge in [0.1, 0.15) is 18.1 Å². The molecule has 0 aliphatic carbocycles. The van der Waals surface area contributed by atoms with Crippen molar-refractivity contribution >= 4 is 33.4 Å². The number of rotatable bonds is 7. The van der Waals surface area contributed by atoms with Crippen LogP contribution in [0, 0.1) is 10.1 Å². The molecule has 2 N–H and O–H groups in total. The Morgan fingerprint density at radius 3 is 2.89 bits per heavy atom. The second-order valence-electron chi connectivity index (χ2n) is 3.60.